The molecule has 6 nitrogen and oxygen atoms in total. The minimum Gasteiger partial charge on any atom is -0.444 e. The van der Waals surface area contributed by atoms with Crippen molar-refractivity contribution in [3.8, 4) is 0 Å². The van der Waals surface area contributed by atoms with Gasteiger partial charge in [-0.15, -0.1) is 0 Å². The first kappa shape index (κ1) is 22.0. The van der Waals surface area contributed by atoms with Crippen LogP contribution < -0.4 is 10.6 Å². The van der Waals surface area contributed by atoms with E-state index in [9.17, 15) is 9.59 Å². The third kappa shape index (κ3) is 7.87. The Hall–Kier alpha value is -2.08. The molecule has 0 saturated heterocycles. The van der Waals surface area contributed by atoms with Gasteiger partial charge in [0.25, 0.3) is 5.91 Å². The molecule has 0 fully saturated rings. The van der Waals surface area contributed by atoms with E-state index in [0.29, 0.717) is 29.9 Å². The van der Waals surface area contributed by atoms with Gasteiger partial charge in [-0.1, -0.05) is 6.07 Å². The Morgan fingerprint density at radius 1 is 1.12 bits per heavy atom. The fraction of sp³-hybridized carbons (Fsp3) is 0.600. The van der Waals surface area contributed by atoms with E-state index in [4.69, 9.17) is 4.74 Å². The third-order valence-electron chi connectivity index (χ3n) is 3.75. The molecule has 0 radical (unpaired) electrons. The highest BCUT2D eigenvalue weighted by Crippen LogP contribution is 2.14. The molecule has 6 heteroatoms. The quantitative estimate of drug-likeness (QED) is 0.771. The van der Waals surface area contributed by atoms with Gasteiger partial charge in [-0.3, -0.25) is 15.0 Å². The number of hydrogen-bond donors (Lipinski definition) is 2. The van der Waals surface area contributed by atoms with Gasteiger partial charge in [0.15, 0.2) is 0 Å². The molecule has 2 N–H and O–H groups in total. The molecule has 0 spiro atoms. The summed E-state index contributed by atoms with van der Waals surface area (Å²) >= 11 is 0. The molecule has 0 aliphatic heterocycles. The van der Waals surface area contributed by atoms with Gasteiger partial charge < -0.3 is 10.1 Å². The summed E-state index contributed by atoms with van der Waals surface area (Å²) in [6, 6.07) is 7.66. The molecule has 0 heterocycles. The summed E-state index contributed by atoms with van der Waals surface area (Å²) in [5, 5.41) is 5.58. The Kier molecular flexibility index (Phi) is 8.08. The van der Waals surface area contributed by atoms with Crippen molar-refractivity contribution < 1.29 is 14.3 Å². The van der Waals surface area contributed by atoms with Crippen LogP contribution in [-0.4, -0.2) is 47.7 Å². The number of anilines is 1. The maximum atomic E-state index is 12.4. The molecule has 0 aliphatic rings. The Balaban J connectivity index is 2.61. The van der Waals surface area contributed by atoms with Crippen molar-refractivity contribution in [2.75, 3.05) is 18.4 Å². The molecule has 0 atom stereocenters. The van der Waals surface area contributed by atoms with Crippen LogP contribution in [0.2, 0.25) is 0 Å². The van der Waals surface area contributed by atoms with E-state index in [1.54, 1.807) is 45.0 Å². The minimum absolute atomic E-state index is 0.162. The molecular weight excluding hydrogens is 330 g/mol. The minimum atomic E-state index is -0.572. The normalized spacial score (nSPS) is 11.8. The van der Waals surface area contributed by atoms with E-state index in [-0.39, 0.29) is 5.91 Å². The smallest absolute Gasteiger partial charge is 0.412 e. The summed E-state index contributed by atoms with van der Waals surface area (Å²) in [5.74, 6) is -0.162. The van der Waals surface area contributed by atoms with Crippen LogP contribution in [0.1, 0.15) is 58.8 Å². The van der Waals surface area contributed by atoms with Crippen LogP contribution in [0.4, 0.5) is 10.5 Å². The average molecular weight is 364 g/mol. The number of carbonyl (C=O) groups excluding carboxylic acids is 2. The zero-order valence-corrected chi connectivity index (χ0v) is 17.1. The van der Waals surface area contributed by atoms with Crippen molar-refractivity contribution in [2.45, 2.75) is 66.2 Å². The molecule has 1 aromatic rings. The SMILES string of the molecule is CC(C)N(CCNC(=O)c1cccc(NC(=O)OC(C)(C)C)c1)C(C)C. The number of hydrogen-bond acceptors (Lipinski definition) is 4. The molecule has 26 heavy (non-hydrogen) atoms. The van der Waals surface area contributed by atoms with Crippen molar-refractivity contribution in [3.05, 3.63) is 29.8 Å². The van der Waals surface area contributed by atoms with Crippen LogP contribution in [0, 0.1) is 0 Å². The first-order valence-corrected chi connectivity index (χ1v) is 9.13. The molecule has 146 valence electrons. The summed E-state index contributed by atoms with van der Waals surface area (Å²) in [7, 11) is 0. The van der Waals surface area contributed by atoms with Gasteiger partial charge in [-0.25, -0.2) is 4.79 Å². The third-order valence-corrected chi connectivity index (χ3v) is 3.75. The molecule has 2 amide bonds. The van der Waals surface area contributed by atoms with E-state index >= 15 is 0 Å². The fourth-order valence-electron chi connectivity index (χ4n) is 2.67. The number of benzene rings is 1. The van der Waals surface area contributed by atoms with Crippen LogP contribution in [0.25, 0.3) is 0 Å². The highest BCUT2D eigenvalue weighted by Gasteiger charge is 2.17. The maximum Gasteiger partial charge on any atom is 0.412 e. The van der Waals surface area contributed by atoms with E-state index in [1.165, 1.54) is 0 Å². The predicted molar refractivity (Wildman–Crippen MR) is 106 cm³/mol. The van der Waals surface area contributed by atoms with Crippen LogP contribution in [0.5, 0.6) is 0 Å². The number of carbonyl (C=O) groups is 2. The molecule has 0 aliphatic carbocycles. The Labute approximate surface area is 157 Å². The molecular formula is C20H33N3O3. The van der Waals surface area contributed by atoms with Crippen molar-refractivity contribution in [3.63, 3.8) is 0 Å². The molecule has 0 aromatic heterocycles. The van der Waals surface area contributed by atoms with Crippen molar-refractivity contribution in [1.29, 1.82) is 0 Å². The molecule has 0 saturated carbocycles. The highest BCUT2D eigenvalue weighted by atomic mass is 16.6. The van der Waals surface area contributed by atoms with Crippen LogP contribution in [-0.2, 0) is 4.74 Å². The number of nitrogens with one attached hydrogen (secondary N) is 2. The van der Waals surface area contributed by atoms with E-state index in [2.05, 4.69) is 43.2 Å². The average Bonchev–Trinajstić information content (AvgIpc) is 2.48. The van der Waals surface area contributed by atoms with Gasteiger partial charge in [-0.05, 0) is 66.7 Å². The van der Waals surface area contributed by atoms with Gasteiger partial charge in [0, 0.05) is 36.4 Å². The molecule has 0 bridgehead atoms. The van der Waals surface area contributed by atoms with E-state index in [1.807, 2.05) is 0 Å². The van der Waals surface area contributed by atoms with Gasteiger partial charge >= 0.3 is 6.09 Å². The lowest BCUT2D eigenvalue weighted by molar-refractivity contribution is 0.0635. The number of amides is 2. The van der Waals surface area contributed by atoms with Crippen molar-refractivity contribution >= 4 is 17.7 Å². The molecule has 0 unspecified atom stereocenters. The molecule has 1 aromatic carbocycles. The second kappa shape index (κ2) is 9.57. The largest absolute Gasteiger partial charge is 0.444 e. The maximum absolute atomic E-state index is 12.4. The first-order chi connectivity index (χ1) is 12.0. The van der Waals surface area contributed by atoms with Gasteiger partial charge in [0.2, 0.25) is 0 Å². The lowest BCUT2D eigenvalue weighted by atomic mass is 10.2. The summed E-state index contributed by atoms with van der Waals surface area (Å²) < 4.78 is 5.22. The topological polar surface area (TPSA) is 70.7 Å². The summed E-state index contributed by atoms with van der Waals surface area (Å²) in [6.45, 7) is 15.3. The van der Waals surface area contributed by atoms with Gasteiger partial charge in [-0.2, -0.15) is 0 Å². The van der Waals surface area contributed by atoms with Crippen molar-refractivity contribution in [1.82, 2.24) is 10.2 Å². The summed E-state index contributed by atoms with van der Waals surface area (Å²) in [5.41, 5.74) is 0.453. The van der Waals surface area contributed by atoms with Crippen LogP contribution >= 0.6 is 0 Å². The first-order valence-electron chi connectivity index (χ1n) is 9.13. The number of ether oxygens (including phenoxy) is 1. The number of rotatable bonds is 7. The van der Waals surface area contributed by atoms with Gasteiger partial charge in [0.1, 0.15) is 5.60 Å². The zero-order chi connectivity index (χ0) is 19.9. The monoisotopic (exact) mass is 363 g/mol. The van der Waals surface area contributed by atoms with Crippen LogP contribution in [0.15, 0.2) is 24.3 Å². The second-order valence-electron chi connectivity index (χ2n) is 7.89. The second-order valence-corrected chi connectivity index (χ2v) is 7.89. The van der Waals surface area contributed by atoms with E-state index in [0.717, 1.165) is 6.54 Å². The Morgan fingerprint density at radius 3 is 2.27 bits per heavy atom. The number of nitrogens with zero attached hydrogens (tertiary/aromatic N) is 1. The lowest BCUT2D eigenvalue weighted by Crippen LogP contribution is -2.42. The lowest BCUT2D eigenvalue weighted by Gasteiger charge is -2.30. The Morgan fingerprint density at radius 2 is 1.73 bits per heavy atom. The fourth-order valence-corrected chi connectivity index (χ4v) is 2.67. The molecule has 1 rings (SSSR count). The predicted octanol–water partition coefficient (Wildman–Crippen LogP) is 3.88. The summed E-state index contributed by atoms with van der Waals surface area (Å²) in [6.07, 6.45) is -0.542. The standard InChI is InChI=1S/C20H33N3O3/c1-14(2)23(15(3)4)12-11-21-18(24)16-9-8-10-17(13-16)22-19(25)26-20(5,6)7/h8-10,13-15H,11-12H2,1-7H3,(H,21,24)(H,22,25). The zero-order valence-electron chi connectivity index (χ0n) is 17.1. The van der Waals surface area contributed by atoms with Gasteiger partial charge in [0.05, 0.1) is 0 Å². The van der Waals surface area contributed by atoms with Crippen molar-refractivity contribution in [2.24, 2.45) is 0 Å². The van der Waals surface area contributed by atoms with Crippen LogP contribution in [0.3, 0.4) is 0 Å². The van der Waals surface area contributed by atoms with E-state index < -0.39 is 11.7 Å². The summed E-state index contributed by atoms with van der Waals surface area (Å²) in [4.78, 5) is 26.5. The Bertz CT molecular complexity index is 599. The highest BCUT2D eigenvalue weighted by molar-refractivity contribution is 5.96.